The Labute approximate surface area is 190 Å². The molecule has 32 heavy (non-hydrogen) atoms. The predicted octanol–water partition coefficient (Wildman–Crippen LogP) is 3.38. The van der Waals surface area contributed by atoms with E-state index in [1.807, 2.05) is 6.07 Å². The number of rotatable bonds is 11. The predicted molar refractivity (Wildman–Crippen MR) is 123 cm³/mol. The van der Waals surface area contributed by atoms with Crippen LogP contribution in [0.15, 0.2) is 36.1 Å². The number of benzene rings is 2. The van der Waals surface area contributed by atoms with E-state index in [1.165, 1.54) is 11.0 Å². The summed E-state index contributed by atoms with van der Waals surface area (Å²) in [6.07, 6.45) is 6.11. The van der Waals surface area contributed by atoms with E-state index in [2.05, 4.69) is 13.8 Å². The number of ketones is 1. The summed E-state index contributed by atoms with van der Waals surface area (Å²) in [5.74, 6) is 1.52. The van der Waals surface area contributed by atoms with E-state index in [1.54, 1.807) is 38.5 Å². The topological polar surface area (TPSA) is 72.3 Å². The average molecular weight is 440 g/mol. The molecular formula is C26H33NO5. The van der Waals surface area contributed by atoms with Gasteiger partial charge in [0.25, 0.3) is 0 Å². The Kier molecular flexibility index (Phi) is 8.17. The van der Waals surface area contributed by atoms with Gasteiger partial charge < -0.3 is 24.2 Å². The van der Waals surface area contributed by atoms with Crippen molar-refractivity contribution in [3.8, 4) is 23.0 Å². The Morgan fingerprint density at radius 1 is 1.00 bits per heavy atom. The van der Waals surface area contributed by atoms with Crippen molar-refractivity contribution >= 4 is 11.9 Å². The molecule has 1 aliphatic rings. The summed E-state index contributed by atoms with van der Waals surface area (Å²) >= 11 is 0. The molecule has 6 nitrogen and oxygen atoms in total. The number of carbonyl (C=O) groups excluding carboxylic acids is 1. The summed E-state index contributed by atoms with van der Waals surface area (Å²) in [4.78, 5) is 14.4. The second kappa shape index (κ2) is 11.0. The number of fused-ring (bicyclic) bond motifs is 1. The summed E-state index contributed by atoms with van der Waals surface area (Å²) in [7, 11) is 3.14. The molecule has 0 saturated heterocycles. The van der Waals surface area contributed by atoms with Gasteiger partial charge in [-0.05, 0) is 42.7 Å². The molecule has 0 aromatic heterocycles. The van der Waals surface area contributed by atoms with Crippen LogP contribution in [0.2, 0.25) is 0 Å². The molecule has 172 valence electrons. The van der Waals surface area contributed by atoms with E-state index in [4.69, 9.17) is 14.2 Å². The number of methoxy groups -OCH3 is 2. The van der Waals surface area contributed by atoms with Crippen LogP contribution in [0.3, 0.4) is 0 Å². The highest BCUT2D eigenvalue weighted by atomic mass is 16.5. The Hall–Kier alpha value is -2.99. The van der Waals surface area contributed by atoms with Gasteiger partial charge in [0.15, 0.2) is 17.3 Å². The number of allylic oxidation sites excluding steroid dienone is 1. The molecule has 3 rings (SSSR count). The lowest BCUT2D eigenvalue weighted by Crippen LogP contribution is -3.10. The van der Waals surface area contributed by atoms with E-state index in [9.17, 15) is 9.90 Å². The minimum atomic E-state index is -0.209. The number of unbranched alkanes of at least 4 members (excludes halogenated alkanes) is 2. The number of nitrogens with one attached hydrogen (secondary N) is 1. The van der Waals surface area contributed by atoms with E-state index >= 15 is 0 Å². The molecule has 1 N–H and O–H groups in total. The van der Waals surface area contributed by atoms with Crippen LogP contribution in [0.4, 0.5) is 0 Å². The maximum absolute atomic E-state index is 13.0. The molecule has 0 saturated carbocycles. The first-order valence-electron chi connectivity index (χ1n) is 11.3. The molecule has 0 aliphatic carbocycles. The number of hydrogen-bond donors (Lipinski definition) is 1. The first-order chi connectivity index (χ1) is 15.5. The van der Waals surface area contributed by atoms with E-state index < -0.39 is 0 Å². The molecule has 0 unspecified atom stereocenters. The van der Waals surface area contributed by atoms with Crippen LogP contribution in [0.5, 0.6) is 23.0 Å². The molecule has 2 aromatic carbocycles. The second-order valence-electron chi connectivity index (χ2n) is 8.11. The van der Waals surface area contributed by atoms with Crippen LogP contribution in [0.1, 0.15) is 61.0 Å². The second-order valence-corrected chi connectivity index (χ2v) is 8.11. The first kappa shape index (κ1) is 23.7. The largest absolute Gasteiger partial charge is 0.872 e. The number of Topliss-reactive ketones (excluding diaryl/α,β-unsaturated/α-hetero) is 1. The summed E-state index contributed by atoms with van der Waals surface area (Å²) in [5.41, 5.74) is 1.80. The summed E-state index contributed by atoms with van der Waals surface area (Å²) < 4.78 is 16.6. The highest BCUT2D eigenvalue weighted by Crippen LogP contribution is 2.38. The van der Waals surface area contributed by atoms with Crippen molar-refractivity contribution in [2.24, 2.45) is 0 Å². The van der Waals surface area contributed by atoms with Crippen molar-refractivity contribution in [1.29, 1.82) is 0 Å². The maximum Gasteiger partial charge on any atom is 0.231 e. The molecule has 2 aromatic rings. The quantitative estimate of drug-likeness (QED) is 0.544. The maximum atomic E-state index is 13.0. The van der Waals surface area contributed by atoms with Gasteiger partial charge in [-0.1, -0.05) is 44.6 Å². The average Bonchev–Trinajstić information content (AvgIpc) is 3.12. The van der Waals surface area contributed by atoms with Crippen LogP contribution in [0, 0.1) is 0 Å². The number of carbonyl (C=O) groups is 1. The van der Waals surface area contributed by atoms with Gasteiger partial charge in [-0.15, -0.1) is 0 Å². The first-order valence-corrected chi connectivity index (χ1v) is 11.3. The third kappa shape index (κ3) is 5.25. The van der Waals surface area contributed by atoms with Gasteiger partial charge in [-0.25, -0.2) is 0 Å². The number of ether oxygens (including phenoxy) is 3. The molecular weight excluding hydrogens is 406 g/mol. The standard InChI is InChI=1S/C26H33NO5/c1-5-7-13-27(14-8-6-2)17-20-21(28)11-10-19-25(29)24(32-26(19)20)16-18-9-12-22(30-3)23(15-18)31-4/h9-12,15-16,28H,5-8,13-14,17H2,1-4H3. The molecule has 0 bridgehead atoms. The van der Waals surface area contributed by atoms with Gasteiger partial charge in [-0.2, -0.15) is 0 Å². The number of hydrogen-bond acceptors (Lipinski definition) is 5. The smallest absolute Gasteiger partial charge is 0.231 e. The lowest BCUT2D eigenvalue weighted by atomic mass is 10.0. The molecule has 6 heteroatoms. The van der Waals surface area contributed by atoms with Crippen LogP contribution in [-0.2, 0) is 6.54 Å². The minimum Gasteiger partial charge on any atom is -0.872 e. The van der Waals surface area contributed by atoms with Crippen LogP contribution in [-0.4, -0.2) is 33.1 Å². The van der Waals surface area contributed by atoms with E-state index in [0.717, 1.165) is 44.3 Å². The van der Waals surface area contributed by atoms with Gasteiger partial charge in [0.1, 0.15) is 12.3 Å². The van der Waals surface area contributed by atoms with Crippen molar-refractivity contribution in [2.75, 3.05) is 27.3 Å². The normalized spacial score (nSPS) is 14.0. The Balaban J connectivity index is 1.90. The van der Waals surface area contributed by atoms with Crippen LogP contribution in [0.25, 0.3) is 6.08 Å². The zero-order valence-electron chi connectivity index (χ0n) is 19.5. The molecule has 0 radical (unpaired) electrons. The lowest BCUT2D eigenvalue weighted by molar-refractivity contribution is -0.914. The number of quaternary nitrogens is 1. The van der Waals surface area contributed by atoms with Crippen LogP contribution >= 0.6 is 0 Å². The van der Waals surface area contributed by atoms with Crippen molar-refractivity contribution < 1.29 is 29.0 Å². The molecule has 0 spiro atoms. The third-order valence-electron chi connectivity index (χ3n) is 5.80. The molecule has 0 atom stereocenters. The van der Waals surface area contributed by atoms with Crippen molar-refractivity contribution in [2.45, 2.75) is 46.1 Å². The van der Waals surface area contributed by atoms with Gasteiger partial charge >= 0.3 is 0 Å². The van der Waals surface area contributed by atoms with Crippen molar-refractivity contribution in [3.05, 3.63) is 52.8 Å². The van der Waals surface area contributed by atoms with Gasteiger partial charge in [0.2, 0.25) is 5.78 Å². The van der Waals surface area contributed by atoms with E-state index in [-0.39, 0.29) is 17.3 Å². The fourth-order valence-electron chi connectivity index (χ4n) is 3.96. The van der Waals surface area contributed by atoms with Gasteiger partial charge in [0, 0.05) is 5.56 Å². The fourth-order valence-corrected chi connectivity index (χ4v) is 3.96. The zero-order valence-corrected chi connectivity index (χ0v) is 19.5. The summed E-state index contributed by atoms with van der Waals surface area (Å²) in [6.45, 7) is 6.91. The summed E-state index contributed by atoms with van der Waals surface area (Å²) in [5, 5.41) is 12.7. The Bertz CT molecular complexity index is 974. The van der Waals surface area contributed by atoms with Crippen molar-refractivity contribution in [3.63, 3.8) is 0 Å². The van der Waals surface area contributed by atoms with Gasteiger partial charge in [0.05, 0.1) is 32.9 Å². The highest BCUT2D eigenvalue weighted by molar-refractivity contribution is 6.15. The van der Waals surface area contributed by atoms with Crippen molar-refractivity contribution in [1.82, 2.24) is 0 Å². The minimum absolute atomic E-state index is 0.0746. The summed E-state index contributed by atoms with van der Waals surface area (Å²) in [6, 6.07) is 8.46. The SMILES string of the molecule is CCCC[NH+](CCCC)Cc1c([O-])ccc2c1OC(=Cc1ccc(OC)c(OC)c1)C2=O. The Morgan fingerprint density at radius 3 is 2.31 bits per heavy atom. The van der Waals surface area contributed by atoms with Crippen LogP contribution < -0.4 is 24.2 Å². The highest BCUT2D eigenvalue weighted by Gasteiger charge is 2.31. The third-order valence-corrected chi connectivity index (χ3v) is 5.80. The van der Waals surface area contributed by atoms with Gasteiger partial charge in [-0.3, -0.25) is 4.79 Å². The molecule has 0 fully saturated rings. The zero-order chi connectivity index (χ0) is 23.1. The molecule has 1 aliphatic heterocycles. The fraction of sp³-hybridized carbons (Fsp3) is 0.423. The monoisotopic (exact) mass is 439 g/mol. The molecule has 1 heterocycles. The van der Waals surface area contributed by atoms with E-state index in [0.29, 0.717) is 34.9 Å². The Morgan fingerprint density at radius 2 is 1.69 bits per heavy atom. The molecule has 0 amide bonds. The lowest BCUT2D eigenvalue weighted by Gasteiger charge is -2.23.